The SMILES string of the molecule is CCC[C@@]1(C(C)=O)SCCS1=O. The number of hydrogen-bond acceptors (Lipinski definition) is 3. The van der Waals surface area contributed by atoms with Gasteiger partial charge in [0, 0.05) is 22.3 Å². The van der Waals surface area contributed by atoms with Crippen LogP contribution in [0.4, 0.5) is 0 Å². The zero-order chi connectivity index (χ0) is 9.19. The first-order valence-electron chi connectivity index (χ1n) is 4.17. The van der Waals surface area contributed by atoms with Gasteiger partial charge in [0.2, 0.25) is 0 Å². The second-order valence-corrected chi connectivity index (χ2v) is 6.41. The maximum absolute atomic E-state index is 11.6. The average molecular weight is 206 g/mol. The van der Waals surface area contributed by atoms with Crippen LogP contribution in [0.1, 0.15) is 26.7 Å². The summed E-state index contributed by atoms with van der Waals surface area (Å²) in [6.07, 6.45) is 1.69. The predicted molar refractivity (Wildman–Crippen MR) is 53.8 cm³/mol. The maximum atomic E-state index is 11.6. The highest BCUT2D eigenvalue weighted by Gasteiger charge is 2.45. The summed E-state index contributed by atoms with van der Waals surface area (Å²) in [7, 11) is -0.936. The molecular weight excluding hydrogens is 192 g/mol. The van der Waals surface area contributed by atoms with Crippen molar-refractivity contribution in [1.82, 2.24) is 0 Å². The summed E-state index contributed by atoms with van der Waals surface area (Å²) in [4.78, 5) is 11.4. The zero-order valence-corrected chi connectivity index (χ0v) is 9.09. The van der Waals surface area contributed by atoms with E-state index >= 15 is 0 Å². The van der Waals surface area contributed by atoms with Crippen LogP contribution in [0, 0.1) is 0 Å². The Morgan fingerprint density at radius 2 is 2.33 bits per heavy atom. The summed E-state index contributed by atoms with van der Waals surface area (Å²) >= 11 is 1.58. The van der Waals surface area contributed by atoms with Crippen molar-refractivity contribution in [1.29, 1.82) is 0 Å². The first-order chi connectivity index (χ1) is 5.63. The van der Waals surface area contributed by atoms with Crippen LogP contribution < -0.4 is 0 Å². The van der Waals surface area contributed by atoms with Crippen molar-refractivity contribution >= 4 is 28.3 Å². The first-order valence-corrected chi connectivity index (χ1v) is 6.47. The van der Waals surface area contributed by atoms with Gasteiger partial charge in [-0.2, -0.15) is 0 Å². The van der Waals surface area contributed by atoms with Crippen molar-refractivity contribution in [3.8, 4) is 0 Å². The molecule has 1 rings (SSSR count). The Morgan fingerprint density at radius 1 is 1.67 bits per heavy atom. The highest BCUT2D eigenvalue weighted by Crippen LogP contribution is 2.40. The topological polar surface area (TPSA) is 34.1 Å². The lowest BCUT2D eigenvalue weighted by Gasteiger charge is -2.22. The number of rotatable bonds is 3. The molecule has 4 heteroatoms. The molecule has 0 aromatic carbocycles. The van der Waals surface area contributed by atoms with E-state index in [0.717, 1.165) is 18.6 Å². The van der Waals surface area contributed by atoms with E-state index in [9.17, 15) is 9.00 Å². The third-order valence-electron chi connectivity index (χ3n) is 2.09. The van der Waals surface area contributed by atoms with Gasteiger partial charge in [-0.1, -0.05) is 13.3 Å². The molecule has 1 aliphatic rings. The van der Waals surface area contributed by atoms with E-state index < -0.39 is 14.9 Å². The van der Waals surface area contributed by atoms with Crippen LogP contribution in [0.25, 0.3) is 0 Å². The first kappa shape index (κ1) is 10.3. The number of carbonyl (C=O) groups is 1. The van der Waals surface area contributed by atoms with Crippen LogP contribution in [0.3, 0.4) is 0 Å². The molecule has 1 saturated heterocycles. The van der Waals surface area contributed by atoms with E-state index in [1.165, 1.54) is 0 Å². The van der Waals surface area contributed by atoms with E-state index in [1.807, 2.05) is 6.92 Å². The van der Waals surface area contributed by atoms with Crippen molar-refractivity contribution in [2.24, 2.45) is 0 Å². The lowest BCUT2D eigenvalue weighted by atomic mass is 10.2. The summed E-state index contributed by atoms with van der Waals surface area (Å²) in [5.41, 5.74) is 0. The largest absolute Gasteiger partial charge is 0.297 e. The number of carbonyl (C=O) groups excluding carboxylic acids is 1. The number of thioether (sulfide) groups is 1. The molecule has 2 nitrogen and oxygen atoms in total. The van der Waals surface area contributed by atoms with E-state index in [0.29, 0.717) is 5.75 Å². The monoisotopic (exact) mass is 206 g/mol. The second kappa shape index (κ2) is 3.92. The van der Waals surface area contributed by atoms with Crippen molar-refractivity contribution in [2.75, 3.05) is 11.5 Å². The molecule has 0 spiro atoms. The van der Waals surface area contributed by atoms with Gasteiger partial charge in [-0.05, 0) is 13.3 Å². The molecule has 1 heterocycles. The van der Waals surface area contributed by atoms with Crippen molar-refractivity contribution in [2.45, 2.75) is 30.8 Å². The molecule has 0 aromatic heterocycles. The molecule has 1 aliphatic heterocycles. The molecule has 0 saturated carbocycles. The van der Waals surface area contributed by atoms with Crippen LogP contribution in [0.5, 0.6) is 0 Å². The molecule has 12 heavy (non-hydrogen) atoms. The van der Waals surface area contributed by atoms with E-state index in [2.05, 4.69) is 0 Å². The summed E-state index contributed by atoms with van der Waals surface area (Å²) in [6.45, 7) is 3.59. The van der Waals surface area contributed by atoms with Crippen LogP contribution >= 0.6 is 11.8 Å². The Morgan fingerprint density at radius 3 is 2.67 bits per heavy atom. The van der Waals surface area contributed by atoms with E-state index in [-0.39, 0.29) is 5.78 Å². The average Bonchev–Trinajstić information content (AvgIpc) is 2.34. The normalized spacial score (nSPS) is 35.3. The highest BCUT2D eigenvalue weighted by atomic mass is 32.2. The Hall–Kier alpha value is 0.170. The van der Waals surface area contributed by atoms with Crippen molar-refractivity contribution in [3.63, 3.8) is 0 Å². The highest BCUT2D eigenvalue weighted by molar-refractivity contribution is 8.16. The Bertz CT molecular complexity index is 215. The molecule has 0 aromatic rings. The molecule has 0 amide bonds. The standard InChI is InChI=1S/C8H14O2S2/c1-3-4-8(7(2)9)11-5-6-12(8)10/h3-6H2,1-2H3/t8-,12?/m1/s1. The lowest BCUT2D eigenvalue weighted by Crippen LogP contribution is -2.35. The second-order valence-electron chi connectivity index (χ2n) is 2.96. The molecule has 1 unspecified atom stereocenters. The van der Waals surface area contributed by atoms with Gasteiger partial charge in [0.1, 0.15) is 4.08 Å². The van der Waals surface area contributed by atoms with Gasteiger partial charge in [0.05, 0.1) is 0 Å². The van der Waals surface area contributed by atoms with Crippen LogP contribution in [0.2, 0.25) is 0 Å². The number of Topliss-reactive ketones (excluding diaryl/α,β-unsaturated/α-hetero) is 1. The fraction of sp³-hybridized carbons (Fsp3) is 0.875. The number of hydrogen-bond donors (Lipinski definition) is 0. The molecule has 2 atom stereocenters. The molecule has 0 bridgehead atoms. The van der Waals surface area contributed by atoms with Gasteiger partial charge >= 0.3 is 0 Å². The molecular formula is C8H14O2S2. The molecule has 0 N–H and O–H groups in total. The summed E-state index contributed by atoms with van der Waals surface area (Å²) in [6, 6.07) is 0. The lowest BCUT2D eigenvalue weighted by molar-refractivity contribution is -0.117. The minimum Gasteiger partial charge on any atom is -0.297 e. The van der Waals surface area contributed by atoms with E-state index in [4.69, 9.17) is 0 Å². The van der Waals surface area contributed by atoms with Gasteiger partial charge in [-0.25, -0.2) is 0 Å². The van der Waals surface area contributed by atoms with Gasteiger partial charge in [-0.15, -0.1) is 11.8 Å². The van der Waals surface area contributed by atoms with Crippen molar-refractivity contribution < 1.29 is 9.00 Å². The molecule has 0 aliphatic carbocycles. The van der Waals surface area contributed by atoms with Crippen LogP contribution in [0.15, 0.2) is 0 Å². The Labute approximate surface area is 79.9 Å². The summed E-state index contributed by atoms with van der Waals surface area (Å²) < 4.78 is 11.1. The third-order valence-corrected chi connectivity index (χ3v) is 6.43. The molecule has 0 radical (unpaired) electrons. The predicted octanol–water partition coefficient (Wildman–Crippen LogP) is 1.57. The van der Waals surface area contributed by atoms with Crippen LogP contribution in [-0.2, 0) is 15.6 Å². The van der Waals surface area contributed by atoms with E-state index in [1.54, 1.807) is 18.7 Å². The zero-order valence-electron chi connectivity index (χ0n) is 7.46. The molecule has 70 valence electrons. The fourth-order valence-electron chi connectivity index (χ4n) is 1.47. The smallest absolute Gasteiger partial charge is 0.158 e. The van der Waals surface area contributed by atoms with Gasteiger partial charge in [0.15, 0.2) is 5.78 Å². The fourth-order valence-corrected chi connectivity index (χ4v) is 5.39. The summed E-state index contributed by atoms with van der Waals surface area (Å²) in [5.74, 6) is 1.64. The van der Waals surface area contributed by atoms with Crippen molar-refractivity contribution in [3.05, 3.63) is 0 Å². The maximum Gasteiger partial charge on any atom is 0.158 e. The van der Waals surface area contributed by atoms with Gasteiger partial charge in [-0.3, -0.25) is 9.00 Å². The van der Waals surface area contributed by atoms with Crippen LogP contribution in [-0.4, -0.2) is 25.6 Å². The molecule has 1 fully saturated rings. The van der Waals surface area contributed by atoms with Gasteiger partial charge < -0.3 is 0 Å². The Kier molecular flexibility index (Phi) is 3.35. The minimum absolute atomic E-state index is 0.0881. The summed E-state index contributed by atoms with van der Waals surface area (Å²) in [5, 5.41) is 0. The van der Waals surface area contributed by atoms with Gasteiger partial charge in [0.25, 0.3) is 0 Å². The minimum atomic E-state index is -0.936. The third kappa shape index (κ3) is 1.59. The quantitative estimate of drug-likeness (QED) is 0.703. The number of ketones is 1. The Balaban J connectivity index is 2.85.